The van der Waals surface area contributed by atoms with E-state index < -0.39 is 12.2 Å². The van der Waals surface area contributed by atoms with Crippen molar-refractivity contribution in [3.05, 3.63) is 0 Å². The van der Waals surface area contributed by atoms with Crippen LogP contribution in [0.4, 0.5) is 0 Å². The molecule has 4 nitrogen and oxygen atoms in total. The number of aliphatic hydroxyl groups is 2. The third kappa shape index (κ3) is 3.41. The molecule has 1 saturated carbocycles. The number of rotatable bonds is 4. The van der Waals surface area contributed by atoms with Gasteiger partial charge >= 0.3 is 0 Å². The fourth-order valence-electron chi connectivity index (χ4n) is 3.09. The van der Waals surface area contributed by atoms with Crippen LogP contribution in [0, 0.1) is 0 Å². The summed E-state index contributed by atoms with van der Waals surface area (Å²) in [4.78, 5) is 2.27. The van der Waals surface area contributed by atoms with Gasteiger partial charge < -0.3 is 15.5 Å². The molecular weight excluding hydrogens is 216 g/mol. The molecule has 2 aliphatic rings. The second-order valence-corrected chi connectivity index (χ2v) is 5.55. The zero-order chi connectivity index (χ0) is 12.3. The van der Waals surface area contributed by atoms with Gasteiger partial charge in [-0.1, -0.05) is 6.92 Å². The van der Waals surface area contributed by atoms with Gasteiger partial charge in [-0.05, 0) is 38.6 Å². The highest BCUT2D eigenvalue weighted by Crippen LogP contribution is 2.26. The monoisotopic (exact) mass is 242 g/mol. The smallest absolute Gasteiger partial charge is 0.0938 e. The maximum Gasteiger partial charge on any atom is 0.0938 e. The Bertz CT molecular complexity index is 219. The van der Waals surface area contributed by atoms with E-state index in [0.29, 0.717) is 25.2 Å². The number of nitrogens with zero attached hydrogens (tertiary/aromatic N) is 1. The molecule has 2 rings (SSSR count). The first kappa shape index (κ1) is 13.3. The van der Waals surface area contributed by atoms with Crippen LogP contribution >= 0.6 is 0 Å². The number of nitrogens with one attached hydrogen (secondary N) is 1. The Morgan fingerprint density at radius 2 is 1.65 bits per heavy atom. The van der Waals surface area contributed by atoms with E-state index in [1.807, 2.05) is 0 Å². The summed E-state index contributed by atoms with van der Waals surface area (Å²) in [6, 6.07) is 1.25. The molecule has 0 amide bonds. The molecule has 4 heteroatoms. The third-order valence-electron chi connectivity index (χ3n) is 4.18. The molecule has 2 fully saturated rings. The number of aliphatic hydroxyl groups excluding tert-OH is 2. The van der Waals surface area contributed by atoms with Gasteiger partial charge in [-0.15, -0.1) is 0 Å². The van der Waals surface area contributed by atoms with Crippen LogP contribution in [0.2, 0.25) is 0 Å². The Morgan fingerprint density at radius 3 is 2.18 bits per heavy atom. The normalized spacial score (nSPS) is 39.7. The molecule has 2 atom stereocenters. The summed E-state index contributed by atoms with van der Waals surface area (Å²) >= 11 is 0. The lowest BCUT2D eigenvalue weighted by molar-refractivity contribution is 0.0572. The van der Waals surface area contributed by atoms with Crippen LogP contribution in [0.25, 0.3) is 0 Å². The fraction of sp³-hybridized carbons (Fsp3) is 1.00. The minimum Gasteiger partial charge on any atom is -0.389 e. The molecule has 0 spiro atoms. The highest BCUT2D eigenvalue weighted by molar-refractivity contribution is 4.90. The van der Waals surface area contributed by atoms with Crippen molar-refractivity contribution in [1.82, 2.24) is 10.2 Å². The van der Waals surface area contributed by atoms with Crippen molar-refractivity contribution < 1.29 is 10.2 Å². The van der Waals surface area contributed by atoms with Gasteiger partial charge in [0.05, 0.1) is 12.2 Å². The molecule has 1 aliphatic heterocycles. The van der Waals surface area contributed by atoms with E-state index in [2.05, 4.69) is 17.1 Å². The molecule has 0 aromatic heterocycles. The van der Waals surface area contributed by atoms with Crippen molar-refractivity contribution in [3.63, 3.8) is 0 Å². The van der Waals surface area contributed by atoms with Crippen LogP contribution in [-0.2, 0) is 0 Å². The zero-order valence-corrected chi connectivity index (χ0v) is 10.8. The quantitative estimate of drug-likeness (QED) is 0.665. The third-order valence-corrected chi connectivity index (χ3v) is 4.18. The van der Waals surface area contributed by atoms with Crippen molar-refractivity contribution >= 4 is 0 Å². The number of hydrogen-bond donors (Lipinski definition) is 3. The summed E-state index contributed by atoms with van der Waals surface area (Å²) in [6.45, 7) is 4.62. The summed E-state index contributed by atoms with van der Waals surface area (Å²) in [5, 5.41) is 22.7. The average Bonchev–Trinajstić information content (AvgIpc) is 2.68. The van der Waals surface area contributed by atoms with Crippen LogP contribution in [0.15, 0.2) is 0 Å². The lowest BCUT2D eigenvalue weighted by Crippen LogP contribution is -2.42. The molecule has 1 heterocycles. The Morgan fingerprint density at radius 1 is 1.06 bits per heavy atom. The van der Waals surface area contributed by atoms with Gasteiger partial charge in [0, 0.05) is 25.2 Å². The highest BCUT2D eigenvalue weighted by atomic mass is 16.3. The SMILES string of the molecule is CCCNC1CCC(N2CC(O)C(O)C2)CC1. The van der Waals surface area contributed by atoms with Gasteiger partial charge in [0.1, 0.15) is 0 Å². The van der Waals surface area contributed by atoms with Crippen molar-refractivity contribution in [1.29, 1.82) is 0 Å². The molecule has 0 radical (unpaired) electrons. The minimum atomic E-state index is -0.536. The van der Waals surface area contributed by atoms with Crippen LogP contribution in [0.5, 0.6) is 0 Å². The Balaban J connectivity index is 1.72. The van der Waals surface area contributed by atoms with E-state index in [9.17, 15) is 10.2 Å². The largest absolute Gasteiger partial charge is 0.389 e. The fourth-order valence-corrected chi connectivity index (χ4v) is 3.09. The Hall–Kier alpha value is -0.160. The molecular formula is C13H26N2O2. The molecule has 0 aromatic rings. The van der Waals surface area contributed by atoms with Crippen molar-refractivity contribution in [3.8, 4) is 0 Å². The average molecular weight is 242 g/mol. The first-order valence-electron chi connectivity index (χ1n) is 7.04. The highest BCUT2D eigenvalue weighted by Gasteiger charge is 2.35. The summed E-state index contributed by atoms with van der Waals surface area (Å²) in [5.74, 6) is 0. The molecule has 100 valence electrons. The molecule has 1 saturated heterocycles. The number of hydrogen-bond acceptors (Lipinski definition) is 4. The summed E-state index contributed by atoms with van der Waals surface area (Å²) in [6.07, 6.45) is 4.98. The maximum atomic E-state index is 9.56. The molecule has 2 unspecified atom stereocenters. The van der Waals surface area contributed by atoms with E-state index in [1.165, 1.54) is 32.1 Å². The minimum absolute atomic E-state index is 0.536. The van der Waals surface area contributed by atoms with Gasteiger partial charge in [-0.2, -0.15) is 0 Å². The standard InChI is InChI=1S/C13H26N2O2/c1-2-7-14-10-3-5-11(6-4-10)15-8-12(16)13(17)9-15/h10-14,16-17H,2-9H2,1H3. The Labute approximate surface area is 104 Å². The lowest BCUT2D eigenvalue weighted by atomic mass is 9.90. The first-order valence-corrected chi connectivity index (χ1v) is 7.04. The predicted molar refractivity (Wildman–Crippen MR) is 67.9 cm³/mol. The Kier molecular flexibility index (Phi) is 4.79. The van der Waals surface area contributed by atoms with E-state index in [1.54, 1.807) is 0 Å². The summed E-state index contributed by atoms with van der Waals surface area (Å²) < 4.78 is 0. The molecule has 0 aromatic carbocycles. The molecule has 17 heavy (non-hydrogen) atoms. The van der Waals surface area contributed by atoms with Gasteiger partial charge in [-0.25, -0.2) is 0 Å². The van der Waals surface area contributed by atoms with Gasteiger partial charge in [0.15, 0.2) is 0 Å². The maximum absolute atomic E-state index is 9.56. The van der Waals surface area contributed by atoms with Crippen LogP contribution in [0.1, 0.15) is 39.0 Å². The van der Waals surface area contributed by atoms with E-state index in [0.717, 1.165) is 6.54 Å². The van der Waals surface area contributed by atoms with Crippen LogP contribution < -0.4 is 5.32 Å². The van der Waals surface area contributed by atoms with Gasteiger partial charge in [-0.3, -0.25) is 4.90 Å². The van der Waals surface area contributed by atoms with Crippen molar-refractivity contribution in [2.45, 2.75) is 63.3 Å². The van der Waals surface area contributed by atoms with Crippen LogP contribution in [-0.4, -0.2) is 59.0 Å². The second-order valence-electron chi connectivity index (χ2n) is 5.55. The predicted octanol–water partition coefficient (Wildman–Crippen LogP) is 0.335. The van der Waals surface area contributed by atoms with E-state index in [4.69, 9.17) is 0 Å². The summed E-state index contributed by atoms with van der Waals surface area (Å²) in [7, 11) is 0. The zero-order valence-electron chi connectivity index (χ0n) is 10.8. The summed E-state index contributed by atoms with van der Waals surface area (Å²) in [5.41, 5.74) is 0. The van der Waals surface area contributed by atoms with Gasteiger partial charge in [0.25, 0.3) is 0 Å². The molecule has 0 bridgehead atoms. The lowest BCUT2D eigenvalue weighted by Gasteiger charge is -2.34. The molecule has 3 N–H and O–H groups in total. The van der Waals surface area contributed by atoms with Crippen molar-refractivity contribution in [2.75, 3.05) is 19.6 Å². The second kappa shape index (κ2) is 6.14. The number of likely N-dealkylation sites (tertiary alicyclic amines) is 1. The van der Waals surface area contributed by atoms with Gasteiger partial charge in [0.2, 0.25) is 0 Å². The van der Waals surface area contributed by atoms with E-state index >= 15 is 0 Å². The molecule has 1 aliphatic carbocycles. The first-order chi connectivity index (χ1) is 8.20. The topological polar surface area (TPSA) is 55.7 Å². The van der Waals surface area contributed by atoms with Crippen LogP contribution in [0.3, 0.4) is 0 Å². The van der Waals surface area contributed by atoms with Crippen molar-refractivity contribution in [2.24, 2.45) is 0 Å². The number of β-amino-alcohol motifs (C(OH)–C–C–N with tert-alkyl or cyclic N) is 2. The van der Waals surface area contributed by atoms with E-state index in [-0.39, 0.29) is 0 Å².